The molecule has 1 fully saturated rings. The summed E-state index contributed by atoms with van der Waals surface area (Å²) in [5, 5.41) is 22.8. The first kappa shape index (κ1) is 34.9. The number of carboxylic acid groups (broad SMARTS) is 1. The Morgan fingerprint density at radius 3 is 2.43 bits per heavy atom. The number of thioether (sulfide) groups is 1. The van der Waals surface area contributed by atoms with Crippen LogP contribution in [-0.2, 0) is 16.6 Å². The van der Waals surface area contributed by atoms with Crippen LogP contribution in [0.15, 0.2) is 40.5 Å². The molecule has 4 rings (SSSR count). The number of aliphatic carboxylic acids is 1. The van der Waals surface area contributed by atoms with Gasteiger partial charge in [0.15, 0.2) is 5.75 Å². The highest BCUT2D eigenvalue weighted by Crippen LogP contribution is 2.43. The smallest absolute Gasteiger partial charge is 0.352 e. The minimum absolute atomic E-state index is 0.110. The molecule has 4 N–H and O–H groups in total. The van der Waals surface area contributed by atoms with E-state index in [4.69, 9.17) is 0 Å². The Bertz CT molecular complexity index is 1350. The summed E-state index contributed by atoms with van der Waals surface area (Å²) in [6.07, 6.45) is 4.52. The molecule has 3 heterocycles. The molecule has 0 radical (unpaired) electrons. The van der Waals surface area contributed by atoms with E-state index >= 15 is 0 Å². The average molecular weight is 604 g/mol. The lowest BCUT2D eigenvalue weighted by atomic mass is 9.97. The molecular formula is C31H47N4O6S+. The first-order valence-corrected chi connectivity index (χ1v) is 15.9. The van der Waals surface area contributed by atoms with Crippen molar-refractivity contribution in [2.24, 2.45) is 13.0 Å². The van der Waals surface area contributed by atoms with E-state index in [1.54, 1.807) is 35.5 Å². The standard InChI is InChI=1S/C26H32N4O6S.C3H8.C2H6/c1-4-5-9-29(12-17-14-37-25-15(2)24(34)30(25)21(17)26(35)36)10-8-27-23(33)16-6-7-19-18(11-16)22(32)20(31)13-28(19)3;1-3-2;1-2/h6-7,11,13,15,25,31H,4-5,8-10,12,14H2,1-3H3,(H,27,33)(H,35,36);3H2,1-2H3;1-2H3/p+1. The zero-order valence-corrected chi connectivity index (χ0v) is 26.8. The summed E-state index contributed by atoms with van der Waals surface area (Å²) in [5.74, 6) is -1.52. The molecule has 11 heteroatoms. The number of aryl methyl sites for hydroxylation is 1. The molecular weight excluding hydrogens is 556 g/mol. The molecule has 3 unspecified atom stereocenters. The number of quaternary nitrogens is 1. The lowest BCUT2D eigenvalue weighted by Crippen LogP contribution is -3.13. The third-order valence-electron chi connectivity index (χ3n) is 7.06. The fourth-order valence-corrected chi connectivity index (χ4v) is 6.35. The van der Waals surface area contributed by atoms with E-state index < -0.39 is 11.4 Å². The summed E-state index contributed by atoms with van der Waals surface area (Å²) in [6, 6.07) is 4.80. The number of benzene rings is 1. The predicted octanol–water partition coefficient (Wildman–Crippen LogP) is 2.99. The number of hydrogen-bond acceptors (Lipinski definition) is 6. The van der Waals surface area contributed by atoms with E-state index in [2.05, 4.69) is 26.1 Å². The number of nitrogens with zero attached hydrogens (tertiary/aromatic N) is 2. The number of rotatable bonds is 10. The van der Waals surface area contributed by atoms with Crippen LogP contribution in [0.5, 0.6) is 5.75 Å². The van der Waals surface area contributed by atoms with E-state index in [0.29, 0.717) is 36.5 Å². The number of nitrogens with one attached hydrogen (secondary N) is 2. The summed E-state index contributed by atoms with van der Waals surface area (Å²) in [4.78, 5) is 52.1. The van der Waals surface area contributed by atoms with E-state index in [-0.39, 0.29) is 39.9 Å². The quantitative estimate of drug-likeness (QED) is 0.307. The molecule has 1 aromatic carbocycles. The Kier molecular flexibility index (Phi) is 13.6. The Morgan fingerprint density at radius 2 is 1.81 bits per heavy atom. The maximum Gasteiger partial charge on any atom is 0.352 e. The van der Waals surface area contributed by atoms with Gasteiger partial charge in [-0.15, -0.1) is 11.8 Å². The first-order chi connectivity index (χ1) is 20.0. The van der Waals surface area contributed by atoms with E-state index in [1.165, 1.54) is 23.6 Å². The zero-order chi connectivity index (χ0) is 31.6. The largest absolute Gasteiger partial charge is 0.503 e. The van der Waals surface area contributed by atoms with Crippen molar-refractivity contribution < 1.29 is 29.5 Å². The minimum Gasteiger partial charge on any atom is -0.503 e. The summed E-state index contributed by atoms with van der Waals surface area (Å²) in [7, 11) is 1.71. The zero-order valence-electron chi connectivity index (χ0n) is 26.0. The molecule has 10 nitrogen and oxygen atoms in total. The van der Waals surface area contributed by atoms with Crippen LogP contribution in [0.3, 0.4) is 0 Å². The van der Waals surface area contributed by atoms with Crippen LogP contribution in [0.2, 0.25) is 0 Å². The van der Waals surface area contributed by atoms with Crippen LogP contribution in [0.25, 0.3) is 10.9 Å². The Morgan fingerprint density at radius 1 is 1.14 bits per heavy atom. The molecule has 0 aliphatic carbocycles. The average Bonchev–Trinajstić information content (AvgIpc) is 2.98. The van der Waals surface area contributed by atoms with Gasteiger partial charge in [0, 0.05) is 23.9 Å². The van der Waals surface area contributed by atoms with Gasteiger partial charge in [-0.2, -0.15) is 0 Å². The molecule has 1 saturated heterocycles. The fourth-order valence-electron chi connectivity index (χ4n) is 4.98. The highest BCUT2D eigenvalue weighted by Gasteiger charge is 2.51. The third kappa shape index (κ3) is 7.95. The number of hydrogen-bond donors (Lipinski definition) is 4. The van der Waals surface area contributed by atoms with Gasteiger partial charge in [-0.3, -0.25) is 19.3 Å². The van der Waals surface area contributed by atoms with Gasteiger partial charge < -0.3 is 25.0 Å². The molecule has 3 atom stereocenters. The second kappa shape index (κ2) is 16.4. The van der Waals surface area contributed by atoms with Crippen LogP contribution >= 0.6 is 11.8 Å². The number of β-lactam (4-membered cyclic amide) rings is 1. The Hall–Kier alpha value is -3.31. The maximum absolute atomic E-state index is 12.8. The van der Waals surface area contributed by atoms with Crippen molar-refractivity contribution in [1.82, 2.24) is 14.8 Å². The van der Waals surface area contributed by atoms with Crippen molar-refractivity contribution in [3.63, 3.8) is 0 Å². The van der Waals surface area contributed by atoms with Crippen molar-refractivity contribution in [1.29, 1.82) is 0 Å². The van der Waals surface area contributed by atoms with Crippen LogP contribution in [0.4, 0.5) is 0 Å². The van der Waals surface area contributed by atoms with Gasteiger partial charge >= 0.3 is 5.97 Å². The molecule has 42 heavy (non-hydrogen) atoms. The normalized spacial score (nSPS) is 18.2. The van der Waals surface area contributed by atoms with Crippen LogP contribution < -0.4 is 15.6 Å². The highest BCUT2D eigenvalue weighted by atomic mass is 32.2. The first-order valence-electron chi connectivity index (χ1n) is 14.9. The SMILES string of the molecule is CC.CCC.CCCC[NH+](CCNC(=O)c1ccc2c(c1)c(=O)c(O)cn2C)CC1=C(C(=O)O)N2C(=O)C(C)C2SC1. The maximum atomic E-state index is 12.8. The summed E-state index contributed by atoms with van der Waals surface area (Å²) in [6.45, 7) is 14.4. The Labute approximate surface area is 252 Å². The molecule has 0 saturated carbocycles. The van der Waals surface area contributed by atoms with E-state index in [9.17, 15) is 29.4 Å². The van der Waals surface area contributed by atoms with Gasteiger partial charge in [0.2, 0.25) is 11.3 Å². The number of amides is 2. The molecule has 2 aliphatic heterocycles. The van der Waals surface area contributed by atoms with Gasteiger partial charge in [-0.25, -0.2) is 4.79 Å². The van der Waals surface area contributed by atoms with Crippen molar-refractivity contribution in [2.75, 3.05) is 31.9 Å². The number of carbonyl (C=O) groups excluding carboxylic acids is 2. The second-order valence-electron chi connectivity index (χ2n) is 10.4. The number of carboxylic acids is 1. The number of fused-ring (bicyclic) bond motifs is 2. The summed E-state index contributed by atoms with van der Waals surface area (Å²) >= 11 is 1.61. The predicted molar refractivity (Wildman–Crippen MR) is 168 cm³/mol. The van der Waals surface area contributed by atoms with E-state index in [0.717, 1.165) is 29.9 Å². The van der Waals surface area contributed by atoms with Crippen molar-refractivity contribution >= 4 is 40.4 Å². The van der Waals surface area contributed by atoms with Gasteiger partial charge in [-0.1, -0.05) is 54.4 Å². The Balaban J connectivity index is 0.00000116. The van der Waals surface area contributed by atoms with Crippen molar-refractivity contribution in [3.05, 3.63) is 51.5 Å². The van der Waals surface area contributed by atoms with Gasteiger partial charge in [-0.05, 0) is 24.6 Å². The molecule has 2 amide bonds. The molecule has 0 bridgehead atoms. The van der Waals surface area contributed by atoms with Crippen LogP contribution in [0, 0.1) is 5.92 Å². The molecule has 1 aromatic heterocycles. The molecule has 232 valence electrons. The third-order valence-corrected chi connectivity index (χ3v) is 8.53. The fraction of sp³-hybridized carbons (Fsp3) is 0.548. The van der Waals surface area contributed by atoms with E-state index in [1.807, 2.05) is 20.8 Å². The van der Waals surface area contributed by atoms with Gasteiger partial charge in [0.05, 0.1) is 48.0 Å². The molecule has 2 aromatic rings. The topological polar surface area (TPSA) is 133 Å². The monoisotopic (exact) mass is 603 g/mol. The summed E-state index contributed by atoms with van der Waals surface area (Å²) in [5.41, 5.74) is 1.27. The number of unbranched alkanes of at least 4 members (excludes halogenated alkanes) is 1. The van der Waals surface area contributed by atoms with Crippen molar-refractivity contribution in [3.8, 4) is 5.75 Å². The van der Waals surface area contributed by atoms with Crippen LogP contribution in [-0.4, -0.2) is 74.8 Å². The summed E-state index contributed by atoms with van der Waals surface area (Å²) < 4.78 is 1.63. The lowest BCUT2D eigenvalue weighted by Gasteiger charge is -2.48. The minimum atomic E-state index is -1.07. The number of aromatic nitrogens is 1. The number of aromatic hydroxyl groups is 1. The van der Waals surface area contributed by atoms with Crippen LogP contribution in [0.1, 0.15) is 71.2 Å². The van der Waals surface area contributed by atoms with Gasteiger partial charge in [0.1, 0.15) is 12.2 Å². The highest BCUT2D eigenvalue weighted by molar-refractivity contribution is 8.00. The number of carbonyl (C=O) groups is 3. The lowest BCUT2D eigenvalue weighted by molar-refractivity contribution is -0.894. The molecule has 2 aliphatic rings. The molecule has 0 spiro atoms. The second-order valence-corrected chi connectivity index (χ2v) is 11.5. The number of pyridine rings is 1. The van der Waals surface area contributed by atoms with Gasteiger partial charge in [0.25, 0.3) is 5.91 Å². The van der Waals surface area contributed by atoms with Crippen molar-refractivity contribution in [2.45, 2.75) is 66.2 Å².